The zero-order valence-corrected chi connectivity index (χ0v) is 12.9. The summed E-state index contributed by atoms with van der Waals surface area (Å²) in [5.74, 6) is 0.122. The fourth-order valence-corrected chi connectivity index (χ4v) is 3.01. The van der Waals surface area contributed by atoms with E-state index in [9.17, 15) is 4.79 Å². The second-order valence-corrected chi connectivity index (χ2v) is 5.65. The third-order valence-electron chi connectivity index (χ3n) is 3.22. The number of hydrogen-bond donors (Lipinski definition) is 1. The van der Waals surface area contributed by atoms with Crippen molar-refractivity contribution in [3.63, 3.8) is 0 Å². The lowest BCUT2D eigenvalue weighted by Crippen LogP contribution is -2.38. The minimum absolute atomic E-state index is 0.122. The average Bonchev–Trinajstić information content (AvgIpc) is 2.83. The summed E-state index contributed by atoms with van der Waals surface area (Å²) in [4.78, 5) is 20.3. The number of nitrogen functional groups attached to an aromatic ring is 1. The van der Waals surface area contributed by atoms with E-state index in [0.717, 1.165) is 34.1 Å². The minimum atomic E-state index is 0.122. The molecule has 0 aliphatic carbocycles. The van der Waals surface area contributed by atoms with Gasteiger partial charge >= 0.3 is 0 Å². The van der Waals surface area contributed by atoms with E-state index in [1.165, 1.54) is 0 Å². The number of amides is 1. The molecule has 1 amide bonds. The van der Waals surface area contributed by atoms with Gasteiger partial charge in [-0.1, -0.05) is 11.3 Å². The summed E-state index contributed by atoms with van der Waals surface area (Å²) in [6.07, 6.45) is 0. The first-order valence-electron chi connectivity index (χ1n) is 6.70. The van der Waals surface area contributed by atoms with E-state index in [1.807, 2.05) is 48.9 Å². The average molecular weight is 292 g/mol. The van der Waals surface area contributed by atoms with Crippen molar-refractivity contribution in [1.82, 2.24) is 9.88 Å². The van der Waals surface area contributed by atoms with Crippen molar-refractivity contribution in [2.75, 3.05) is 37.3 Å². The number of benzene rings is 1. The van der Waals surface area contributed by atoms with Crippen LogP contribution >= 0.6 is 11.3 Å². The summed E-state index contributed by atoms with van der Waals surface area (Å²) in [5.41, 5.74) is 7.42. The molecule has 2 N–H and O–H groups in total. The van der Waals surface area contributed by atoms with Gasteiger partial charge in [-0.25, -0.2) is 4.98 Å². The van der Waals surface area contributed by atoms with Crippen molar-refractivity contribution in [1.29, 1.82) is 0 Å². The SMILES string of the molecule is CCN(CC)C(=O)CN(C)c1nc2ccc(N)cc2s1. The lowest BCUT2D eigenvalue weighted by atomic mass is 10.3. The van der Waals surface area contributed by atoms with E-state index < -0.39 is 0 Å². The fraction of sp³-hybridized carbons (Fsp3) is 0.429. The van der Waals surface area contributed by atoms with Crippen molar-refractivity contribution in [3.8, 4) is 0 Å². The molecule has 108 valence electrons. The molecular weight excluding hydrogens is 272 g/mol. The molecule has 1 aromatic heterocycles. The number of anilines is 2. The number of thiazole rings is 1. The molecule has 1 heterocycles. The molecule has 20 heavy (non-hydrogen) atoms. The second-order valence-electron chi connectivity index (χ2n) is 4.65. The van der Waals surface area contributed by atoms with Crippen LogP contribution in [0, 0.1) is 0 Å². The Kier molecular flexibility index (Phi) is 4.44. The maximum absolute atomic E-state index is 12.1. The largest absolute Gasteiger partial charge is 0.399 e. The first kappa shape index (κ1) is 14.6. The first-order valence-corrected chi connectivity index (χ1v) is 7.51. The highest BCUT2D eigenvalue weighted by Gasteiger charge is 2.15. The zero-order valence-electron chi connectivity index (χ0n) is 12.1. The number of hydrogen-bond acceptors (Lipinski definition) is 5. The van der Waals surface area contributed by atoms with E-state index in [1.54, 1.807) is 11.3 Å². The topological polar surface area (TPSA) is 62.5 Å². The molecule has 0 fully saturated rings. The Morgan fingerprint density at radius 1 is 1.35 bits per heavy atom. The van der Waals surface area contributed by atoms with Crippen LogP contribution in [0.4, 0.5) is 10.8 Å². The highest BCUT2D eigenvalue weighted by Crippen LogP contribution is 2.29. The molecule has 2 rings (SSSR count). The predicted molar refractivity (Wildman–Crippen MR) is 85.2 cm³/mol. The standard InChI is InChI=1S/C14H20N4OS/c1-4-18(5-2)13(19)9-17(3)14-16-11-7-6-10(15)8-12(11)20-14/h6-8H,4-5,9,15H2,1-3H3. The van der Waals surface area contributed by atoms with Gasteiger partial charge < -0.3 is 15.5 Å². The highest BCUT2D eigenvalue weighted by molar-refractivity contribution is 7.22. The molecule has 0 aliphatic heterocycles. The summed E-state index contributed by atoms with van der Waals surface area (Å²) in [5, 5.41) is 0.839. The van der Waals surface area contributed by atoms with E-state index in [0.29, 0.717) is 6.54 Å². The van der Waals surface area contributed by atoms with Gasteiger partial charge in [0.05, 0.1) is 16.8 Å². The van der Waals surface area contributed by atoms with Crippen LogP contribution in [0.25, 0.3) is 10.2 Å². The monoisotopic (exact) mass is 292 g/mol. The van der Waals surface area contributed by atoms with Crippen LogP contribution in [-0.4, -0.2) is 42.5 Å². The summed E-state index contributed by atoms with van der Waals surface area (Å²) < 4.78 is 1.04. The van der Waals surface area contributed by atoms with Crippen LogP contribution in [0.5, 0.6) is 0 Å². The number of fused-ring (bicyclic) bond motifs is 1. The lowest BCUT2D eigenvalue weighted by molar-refractivity contribution is -0.129. The Hall–Kier alpha value is -1.82. The number of rotatable bonds is 5. The number of aromatic nitrogens is 1. The summed E-state index contributed by atoms with van der Waals surface area (Å²) in [7, 11) is 1.89. The third-order valence-corrected chi connectivity index (χ3v) is 4.35. The fourth-order valence-electron chi connectivity index (χ4n) is 2.04. The Balaban J connectivity index is 2.14. The Labute approximate surface area is 123 Å². The van der Waals surface area contributed by atoms with Gasteiger partial charge in [0.2, 0.25) is 5.91 Å². The van der Waals surface area contributed by atoms with Crippen molar-refractivity contribution in [3.05, 3.63) is 18.2 Å². The van der Waals surface area contributed by atoms with Gasteiger partial charge in [0.1, 0.15) is 0 Å². The smallest absolute Gasteiger partial charge is 0.242 e. The molecule has 1 aromatic carbocycles. The number of carbonyl (C=O) groups excluding carboxylic acids is 1. The Bertz CT molecular complexity index is 606. The molecule has 0 unspecified atom stereocenters. The number of carbonyl (C=O) groups is 1. The van der Waals surface area contributed by atoms with E-state index in [2.05, 4.69) is 4.98 Å². The molecule has 0 bridgehead atoms. The summed E-state index contributed by atoms with van der Waals surface area (Å²) in [6.45, 7) is 5.79. The molecule has 0 atom stereocenters. The van der Waals surface area contributed by atoms with Crippen molar-refractivity contribution in [2.24, 2.45) is 0 Å². The van der Waals surface area contributed by atoms with E-state index in [-0.39, 0.29) is 5.91 Å². The Morgan fingerprint density at radius 2 is 2.05 bits per heavy atom. The maximum Gasteiger partial charge on any atom is 0.242 e. The minimum Gasteiger partial charge on any atom is -0.399 e. The van der Waals surface area contributed by atoms with Gasteiger partial charge in [-0.2, -0.15) is 0 Å². The molecule has 6 heteroatoms. The van der Waals surface area contributed by atoms with Gasteiger partial charge in [-0.05, 0) is 32.0 Å². The predicted octanol–water partition coefficient (Wildman–Crippen LogP) is 2.18. The number of nitrogens with two attached hydrogens (primary N) is 1. The molecule has 2 aromatic rings. The van der Waals surface area contributed by atoms with Gasteiger partial charge in [0.25, 0.3) is 0 Å². The molecule has 0 radical (unpaired) electrons. The highest BCUT2D eigenvalue weighted by atomic mass is 32.1. The molecular formula is C14H20N4OS. The third kappa shape index (κ3) is 3.01. The zero-order chi connectivity index (χ0) is 14.7. The van der Waals surface area contributed by atoms with Crippen LogP contribution in [0.1, 0.15) is 13.8 Å². The van der Waals surface area contributed by atoms with Crippen LogP contribution in [0.3, 0.4) is 0 Å². The summed E-state index contributed by atoms with van der Waals surface area (Å²) >= 11 is 1.55. The first-order chi connectivity index (χ1) is 9.55. The normalized spacial score (nSPS) is 10.8. The van der Waals surface area contributed by atoms with Gasteiger partial charge in [-0.3, -0.25) is 4.79 Å². The van der Waals surface area contributed by atoms with Crippen LogP contribution in [0.2, 0.25) is 0 Å². The molecule has 0 saturated carbocycles. The van der Waals surface area contributed by atoms with E-state index >= 15 is 0 Å². The van der Waals surface area contributed by atoms with Gasteiger partial charge in [0, 0.05) is 25.8 Å². The molecule has 5 nitrogen and oxygen atoms in total. The van der Waals surface area contributed by atoms with E-state index in [4.69, 9.17) is 5.73 Å². The second kappa shape index (κ2) is 6.09. The summed E-state index contributed by atoms with van der Waals surface area (Å²) in [6, 6.07) is 5.66. The van der Waals surface area contributed by atoms with Gasteiger partial charge in [-0.15, -0.1) is 0 Å². The molecule has 0 aliphatic rings. The molecule has 0 saturated heterocycles. The van der Waals surface area contributed by atoms with Crippen LogP contribution in [0.15, 0.2) is 18.2 Å². The van der Waals surface area contributed by atoms with Crippen molar-refractivity contribution in [2.45, 2.75) is 13.8 Å². The number of likely N-dealkylation sites (N-methyl/N-ethyl adjacent to an activating group) is 2. The maximum atomic E-state index is 12.1. The molecule has 0 spiro atoms. The quantitative estimate of drug-likeness (QED) is 0.858. The van der Waals surface area contributed by atoms with Crippen LogP contribution < -0.4 is 10.6 Å². The van der Waals surface area contributed by atoms with Crippen LogP contribution in [-0.2, 0) is 4.79 Å². The van der Waals surface area contributed by atoms with Gasteiger partial charge in [0.15, 0.2) is 5.13 Å². The van der Waals surface area contributed by atoms with Crippen molar-refractivity contribution >= 4 is 38.3 Å². The van der Waals surface area contributed by atoms with Crippen molar-refractivity contribution < 1.29 is 4.79 Å². The lowest BCUT2D eigenvalue weighted by Gasteiger charge is -2.22. The number of nitrogens with zero attached hydrogens (tertiary/aromatic N) is 3. The Morgan fingerprint density at radius 3 is 2.70 bits per heavy atom.